The fourth-order valence-electron chi connectivity index (χ4n) is 0.566. The van der Waals surface area contributed by atoms with Gasteiger partial charge in [-0.05, 0) is 6.07 Å². The molecule has 0 atom stereocenters. The van der Waals surface area contributed by atoms with Crippen molar-refractivity contribution in [3.63, 3.8) is 0 Å². The Labute approximate surface area is 58.8 Å². The molecule has 0 saturated heterocycles. The van der Waals surface area contributed by atoms with Crippen LogP contribution in [0.3, 0.4) is 0 Å². The smallest absolute Gasteiger partial charge is 0.172 e. The van der Waals surface area contributed by atoms with Gasteiger partial charge in [0, 0.05) is 13.2 Å². The van der Waals surface area contributed by atoms with E-state index in [2.05, 4.69) is 15.0 Å². The first-order valence-corrected chi connectivity index (χ1v) is 2.83. The van der Waals surface area contributed by atoms with Crippen molar-refractivity contribution >= 4 is 12.0 Å². The van der Waals surface area contributed by atoms with Crippen molar-refractivity contribution in [3.05, 3.63) is 18.1 Å². The summed E-state index contributed by atoms with van der Waals surface area (Å²) in [5, 5.41) is 0. The summed E-state index contributed by atoms with van der Waals surface area (Å²) in [5.74, 6) is 1.01. The van der Waals surface area contributed by atoms with Crippen molar-refractivity contribution in [3.8, 4) is 0 Å². The van der Waals surface area contributed by atoms with Crippen molar-refractivity contribution in [2.24, 2.45) is 4.99 Å². The van der Waals surface area contributed by atoms with Crippen LogP contribution in [0.1, 0.15) is 5.82 Å². The zero-order valence-corrected chi connectivity index (χ0v) is 5.65. The van der Waals surface area contributed by atoms with E-state index in [1.807, 2.05) is 0 Å². The molecule has 1 rings (SSSR count). The van der Waals surface area contributed by atoms with Gasteiger partial charge in [-0.3, -0.25) is 4.99 Å². The van der Waals surface area contributed by atoms with E-state index in [1.165, 1.54) is 0 Å². The monoisotopic (exact) mass is 136 g/mol. The van der Waals surface area contributed by atoms with Gasteiger partial charge in [-0.25, -0.2) is 9.97 Å². The standard InChI is InChI=1S/C6H8N4/c1-8-4-6-9-3-2-5(7)10-6/h2-4H,1H3,(H2,7,9,10). The molecule has 52 valence electrons. The topological polar surface area (TPSA) is 64.2 Å². The minimum absolute atomic E-state index is 0.463. The van der Waals surface area contributed by atoms with Crippen LogP contribution in [0.4, 0.5) is 5.82 Å². The SMILES string of the molecule is CN=Cc1nccc(N)n1. The number of nitrogens with two attached hydrogens (primary N) is 1. The molecule has 10 heavy (non-hydrogen) atoms. The fourth-order valence-corrected chi connectivity index (χ4v) is 0.566. The number of aliphatic imine (C=N–C) groups is 1. The Hall–Kier alpha value is -1.45. The second-order valence-electron chi connectivity index (χ2n) is 1.73. The van der Waals surface area contributed by atoms with Crippen molar-refractivity contribution in [1.82, 2.24) is 9.97 Å². The molecular formula is C6H8N4. The Bertz CT molecular complexity index is 243. The number of hydrogen-bond acceptors (Lipinski definition) is 4. The molecule has 0 aliphatic heterocycles. The van der Waals surface area contributed by atoms with Crippen LogP contribution in [0, 0.1) is 0 Å². The lowest BCUT2D eigenvalue weighted by Crippen LogP contribution is -1.96. The first-order valence-electron chi connectivity index (χ1n) is 2.83. The van der Waals surface area contributed by atoms with Crippen LogP contribution in [0.2, 0.25) is 0 Å². The van der Waals surface area contributed by atoms with Crippen LogP contribution in [0.15, 0.2) is 17.3 Å². The van der Waals surface area contributed by atoms with Gasteiger partial charge in [0.05, 0.1) is 6.21 Å². The van der Waals surface area contributed by atoms with Crippen molar-refractivity contribution in [2.75, 3.05) is 12.8 Å². The van der Waals surface area contributed by atoms with Crippen LogP contribution in [0.5, 0.6) is 0 Å². The maximum Gasteiger partial charge on any atom is 0.172 e. The molecule has 1 heterocycles. The first kappa shape index (κ1) is 6.67. The van der Waals surface area contributed by atoms with Gasteiger partial charge in [-0.15, -0.1) is 0 Å². The lowest BCUT2D eigenvalue weighted by molar-refractivity contribution is 1.15. The summed E-state index contributed by atoms with van der Waals surface area (Å²) in [6.07, 6.45) is 3.15. The minimum Gasteiger partial charge on any atom is -0.384 e. The molecule has 0 fully saturated rings. The molecule has 0 saturated carbocycles. The van der Waals surface area contributed by atoms with Gasteiger partial charge < -0.3 is 5.73 Å². The maximum atomic E-state index is 5.38. The minimum atomic E-state index is 0.463. The van der Waals surface area contributed by atoms with E-state index >= 15 is 0 Å². The van der Waals surface area contributed by atoms with E-state index in [1.54, 1.807) is 25.5 Å². The third kappa shape index (κ3) is 1.51. The number of aromatic nitrogens is 2. The molecule has 1 aromatic rings. The number of nitrogen functional groups attached to an aromatic ring is 1. The van der Waals surface area contributed by atoms with Gasteiger partial charge >= 0.3 is 0 Å². The number of rotatable bonds is 1. The van der Waals surface area contributed by atoms with E-state index in [0.717, 1.165) is 0 Å². The van der Waals surface area contributed by atoms with E-state index in [4.69, 9.17) is 5.73 Å². The zero-order valence-electron chi connectivity index (χ0n) is 5.65. The van der Waals surface area contributed by atoms with Gasteiger partial charge in [0.1, 0.15) is 5.82 Å². The number of nitrogens with zero attached hydrogens (tertiary/aromatic N) is 3. The predicted molar refractivity (Wildman–Crippen MR) is 40.0 cm³/mol. The van der Waals surface area contributed by atoms with Gasteiger partial charge in [-0.2, -0.15) is 0 Å². The van der Waals surface area contributed by atoms with Gasteiger partial charge in [0.2, 0.25) is 0 Å². The second kappa shape index (κ2) is 2.91. The summed E-state index contributed by atoms with van der Waals surface area (Å²) in [4.78, 5) is 11.5. The summed E-state index contributed by atoms with van der Waals surface area (Å²) >= 11 is 0. The molecule has 0 radical (unpaired) electrons. The maximum absolute atomic E-state index is 5.38. The summed E-state index contributed by atoms with van der Waals surface area (Å²) in [6.45, 7) is 0. The molecule has 0 unspecified atom stereocenters. The van der Waals surface area contributed by atoms with E-state index < -0.39 is 0 Å². The lowest BCUT2D eigenvalue weighted by Gasteiger charge is -1.90. The molecule has 0 bridgehead atoms. The Morgan fingerprint density at radius 1 is 1.70 bits per heavy atom. The van der Waals surface area contributed by atoms with Crippen LogP contribution in [-0.4, -0.2) is 23.2 Å². The lowest BCUT2D eigenvalue weighted by atomic mass is 10.5. The molecule has 0 spiro atoms. The highest BCUT2D eigenvalue weighted by Gasteiger charge is 1.88. The molecule has 0 aliphatic carbocycles. The summed E-state index contributed by atoms with van der Waals surface area (Å²) < 4.78 is 0. The summed E-state index contributed by atoms with van der Waals surface area (Å²) in [5.41, 5.74) is 5.38. The Morgan fingerprint density at radius 3 is 3.10 bits per heavy atom. The molecule has 4 nitrogen and oxygen atoms in total. The molecule has 0 aromatic carbocycles. The molecule has 0 amide bonds. The summed E-state index contributed by atoms with van der Waals surface area (Å²) in [6, 6.07) is 1.63. The second-order valence-corrected chi connectivity index (χ2v) is 1.73. The fraction of sp³-hybridized carbons (Fsp3) is 0.167. The van der Waals surface area contributed by atoms with Crippen molar-refractivity contribution in [1.29, 1.82) is 0 Å². The third-order valence-corrected chi connectivity index (χ3v) is 0.940. The van der Waals surface area contributed by atoms with Crippen LogP contribution < -0.4 is 5.73 Å². The molecule has 0 aliphatic rings. The van der Waals surface area contributed by atoms with Crippen LogP contribution >= 0.6 is 0 Å². The van der Waals surface area contributed by atoms with E-state index in [0.29, 0.717) is 11.6 Å². The Kier molecular flexibility index (Phi) is 1.94. The van der Waals surface area contributed by atoms with Crippen molar-refractivity contribution < 1.29 is 0 Å². The molecular weight excluding hydrogens is 128 g/mol. The van der Waals surface area contributed by atoms with Gasteiger partial charge in [0.25, 0.3) is 0 Å². The molecule has 2 N–H and O–H groups in total. The first-order chi connectivity index (χ1) is 4.83. The van der Waals surface area contributed by atoms with Gasteiger partial charge in [0.15, 0.2) is 5.82 Å². The molecule has 4 heteroatoms. The van der Waals surface area contributed by atoms with Gasteiger partial charge in [-0.1, -0.05) is 0 Å². The number of hydrogen-bond donors (Lipinski definition) is 1. The third-order valence-electron chi connectivity index (χ3n) is 0.940. The van der Waals surface area contributed by atoms with Crippen molar-refractivity contribution in [2.45, 2.75) is 0 Å². The quantitative estimate of drug-likeness (QED) is 0.557. The zero-order chi connectivity index (χ0) is 7.40. The highest BCUT2D eigenvalue weighted by molar-refractivity contribution is 5.74. The summed E-state index contributed by atoms with van der Waals surface area (Å²) in [7, 11) is 1.66. The highest BCUT2D eigenvalue weighted by Crippen LogP contribution is 1.92. The van der Waals surface area contributed by atoms with Crippen LogP contribution in [-0.2, 0) is 0 Å². The predicted octanol–water partition coefficient (Wildman–Crippen LogP) is 0.108. The average molecular weight is 136 g/mol. The Balaban J connectivity index is 2.95. The molecule has 1 aromatic heterocycles. The van der Waals surface area contributed by atoms with Crippen LogP contribution in [0.25, 0.3) is 0 Å². The highest BCUT2D eigenvalue weighted by atomic mass is 14.9. The average Bonchev–Trinajstić information content (AvgIpc) is 1.88. The van der Waals surface area contributed by atoms with E-state index in [-0.39, 0.29) is 0 Å². The van der Waals surface area contributed by atoms with E-state index in [9.17, 15) is 0 Å². The normalized spacial score (nSPS) is 10.5. The largest absolute Gasteiger partial charge is 0.384 e. The Morgan fingerprint density at radius 2 is 2.50 bits per heavy atom. The number of anilines is 1.